The minimum absolute atomic E-state index is 0.108. The topological polar surface area (TPSA) is 59.8 Å². The van der Waals surface area contributed by atoms with Gasteiger partial charge in [0, 0.05) is 13.0 Å². The fraction of sp³-hybridized carbons (Fsp3) is 0.769. The maximum absolute atomic E-state index is 11.6. The number of nitrogens with zero attached hydrogens (tertiary/aromatic N) is 3. The summed E-state index contributed by atoms with van der Waals surface area (Å²) >= 11 is 0. The van der Waals surface area contributed by atoms with Crippen LogP contribution in [0, 0.1) is 5.92 Å². The van der Waals surface area contributed by atoms with Gasteiger partial charge in [-0.25, -0.2) is 4.98 Å². The summed E-state index contributed by atoms with van der Waals surface area (Å²) in [6.45, 7) is 1.42. The second kappa shape index (κ2) is 7.13. The smallest absolute Gasteiger partial charge is 0.221 e. The van der Waals surface area contributed by atoms with E-state index in [0.717, 1.165) is 18.9 Å². The van der Waals surface area contributed by atoms with Crippen LogP contribution in [0.15, 0.2) is 12.7 Å². The molecule has 0 spiro atoms. The van der Waals surface area contributed by atoms with Crippen LogP contribution in [0.5, 0.6) is 0 Å². The Bertz CT molecular complexity index is 344. The van der Waals surface area contributed by atoms with Crippen LogP contribution in [0.3, 0.4) is 0 Å². The van der Waals surface area contributed by atoms with Crippen molar-refractivity contribution in [2.45, 2.75) is 51.5 Å². The molecule has 0 aliphatic heterocycles. The molecule has 1 N–H and O–H groups in total. The molecule has 0 unspecified atom stereocenters. The van der Waals surface area contributed by atoms with Crippen molar-refractivity contribution in [3.63, 3.8) is 0 Å². The third-order valence-electron chi connectivity index (χ3n) is 3.62. The Morgan fingerprint density at radius 1 is 1.39 bits per heavy atom. The molecule has 5 nitrogen and oxygen atoms in total. The maximum atomic E-state index is 11.6. The molecule has 1 amide bonds. The molecule has 18 heavy (non-hydrogen) atoms. The van der Waals surface area contributed by atoms with E-state index >= 15 is 0 Å². The quantitative estimate of drug-likeness (QED) is 0.750. The molecule has 5 heteroatoms. The standard InChI is InChI=1S/C13H22N4O/c18-13(7-9-17-11-14-10-16-17)15-8-3-6-12-4-1-2-5-12/h10-12H,1-9H2,(H,15,18). The molecular formula is C13H22N4O. The molecule has 0 atom stereocenters. The molecule has 1 heterocycles. The van der Waals surface area contributed by atoms with Crippen LogP contribution in [0.4, 0.5) is 0 Å². The Labute approximate surface area is 108 Å². The zero-order valence-corrected chi connectivity index (χ0v) is 10.8. The van der Waals surface area contributed by atoms with E-state index in [9.17, 15) is 4.79 Å². The van der Waals surface area contributed by atoms with Crippen molar-refractivity contribution in [1.29, 1.82) is 0 Å². The van der Waals surface area contributed by atoms with Crippen molar-refractivity contribution in [2.24, 2.45) is 5.92 Å². The number of amides is 1. The summed E-state index contributed by atoms with van der Waals surface area (Å²) in [6, 6.07) is 0. The normalized spacial score (nSPS) is 16.0. The van der Waals surface area contributed by atoms with Gasteiger partial charge in [0.1, 0.15) is 12.7 Å². The van der Waals surface area contributed by atoms with Gasteiger partial charge in [-0.05, 0) is 18.8 Å². The summed E-state index contributed by atoms with van der Waals surface area (Å²) in [4.78, 5) is 15.4. The van der Waals surface area contributed by atoms with E-state index in [1.165, 1.54) is 38.4 Å². The van der Waals surface area contributed by atoms with Crippen LogP contribution >= 0.6 is 0 Å². The summed E-state index contributed by atoms with van der Waals surface area (Å²) in [7, 11) is 0. The summed E-state index contributed by atoms with van der Waals surface area (Å²) in [5, 5.41) is 6.93. The van der Waals surface area contributed by atoms with Gasteiger partial charge < -0.3 is 5.32 Å². The summed E-state index contributed by atoms with van der Waals surface area (Å²) in [5.41, 5.74) is 0. The molecule has 1 fully saturated rings. The monoisotopic (exact) mass is 250 g/mol. The lowest BCUT2D eigenvalue weighted by Gasteiger charge is -2.09. The van der Waals surface area contributed by atoms with Crippen molar-refractivity contribution < 1.29 is 4.79 Å². The molecule has 1 aromatic rings. The van der Waals surface area contributed by atoms with E-state index in [1.54, 1.807) is 11.0 Å². The number of hydrogen-bond donors (Lipinski definition) is 1. The van der Waals surface area contributed by atoms with Gasteiger partial charge in [-0.15, -0.1) is 0 Å². The third-order valence-corrected chi connectivity index (χ3v) is 3.62. The molecule has 1 aliphatic rings. The Morgan fingerprint density at radius 2 is 2.22 bits per heavy atom. The van der Waals surface area contributed by atoms with Crippen molar-refractivity contribution in [3.8, 4) is 0 Å². The first-order chi connectivity index (χ1) is 8.84. The maximum Gasteiger partial charge on any atom is 0.221 e. The number of carbonyl (C=O) groups is 1. The molecule has 1 aromatic heterocycles. The van der Waals surface area contributed by atoms with Gasteiger partial charge in [0.15, 0.2) is 0 Å². The molecular weight excluding hydrogens is 228 g/mol. The summed E-state index contributed by atoms with van der Waals surface area (Å²) < 4.78 is 1.68. The Balaban J connectivity index is 1.49. The second-order valence-electron chi connectivity index (χ2n) is 5.05. The Morgan fingerprint density at radius 3 is 2.94 bits per heavy atom. The van der Waals surface area contributed by atoms with E-state index in [2.05, 4.69) is 15.4 Å². The van der Waals surface area contributed by atoms with Crippen LogP contribution in [-0.2, 0) is 11.3 Å². The number of rotatable bonds is 7. The van der Waals surface area contributed by atoms with Crippen molar-refractivity contribution in [3.05, 3.63) is 12.7 Å². The number of hydrogen-bond acceptors (Lipinski definition) is 3. The van der Waals surface area contributed by atoms with Crippen molar-refractivity contribution >= 4 is 5.91 Å². The first-order valence-electron chi connectivity index (χ1n) is 6.93. The first kappa shape index (κ1) is 13.1. The number of carbonyl (C=O) groups excluding carboxylic acids is 1. The SMILES string of the molecule is O=C(CCn1cncn1)NCCCC1CCCC1. The molecule has 2 rings (SSSR count). The van der Waals surface area contributed by atoms with Crippen LogP contribution in [0.1, 0.15) is 44.9 Å². The van der Waals surface area contributed by atoms with Gasteiger partial charge in [0.05, 0.1) is 6.54 Å². The lowest BCUT2D eigenvalue weighted by atomic mass is 10.0. The fourth-order valence-corrected chi connectivity index (χ4v) is 2.57. The van der Waals surface area contributed by atoms with Crippen molar-refractivity contribution in [2.75, 3.05) is 6.54 Å². The molecule has 1 aliphatic carbocycles. The number of nitrogens with one attached hydrogen (secondary N) is 1. The van der Waals surface area contributed by atoms with E-state index in [0.29, 0.717) is 13.0 Å². The van der Waals surface area contributed by atoms with E-state index in [4.69, 9.17) is 0 Å². The van der Waals surface area contributed by atoms with Crippen LogP contribution < -0.4 is 5.32 Å². The lowest BCUT2D eigenvalue weighted by molar-refractivity contribution is -0.121. The molecule has 1 saturated carbocycles. The minimum Gasteiger partial charge on any atom is -0.356 e. The summed E-state index contributed by atoms with van der Waals surface area (Å²) in [5.74, 6) is 1.02. The van der Waals surface area contributed by atoms with Crippen LogP contribution in [0.2, 0.25) is 0 Å². The number of aryl methyl sites for hydroxylation is 1. The zero-order valence-electron chi connectivity index (χ0n) is 10.8. The van der Waals surface area contributed by atoms with Gasteiger partial charge in [-0.2, -0.15) is 5.10 Å². The van der Waals surface area contributed by atoms with E-state index < -0.39 is 0 Å². The average molecular weight is 250 g/mol. The predicted molar refractivity (Wildman–Crippen MR) is 68.8 cm³/mol. The highest BCUT2D eigenvalue weighted by Crippen LogP contribution is 2.28. The van der Waals surface area contributed by atoms with Gasteiger partial charge in [-0.3, -0.25) is 9.48 Å². The second-order valence-corrected chi connectivity index (χ2v) is 5.05. The highest BCUT2D eigenvalue weighted by Gasteiger charge is 2.14. The largest absolute Gasteiger partial charge is 0.356 e. The molecule has 0 bridgehead atoms. The van der Waals surface area contributed by atoms with Gasteiger partial charge in [0.2, 0.25) is 5.91 Å². The summed E-state index contributed by atoms with van der Waals surface area (Å²) in [6.07, 6.45) is 11.5. The fourth-order valence-electron chi connectivity index (χ4n) is 2.57. The number of aromatic nitrogens is 3. The van der Waals surface area contributed by atoms with Gasteiger partial charge >= 0.3 is 0 Å². The van der Waals surface area contributed by atoms with Crippen LogP contribution in [-0.4, -0.2) is 27.2 Å². The molecule has 0 saturated heterocycles. The zero-order chi connectivity index (χ0) is 12.6. The Kier molecular flexibility index (Phi) is 5.17. The van der Waals surface area contributed by atoms with Crippen molar-refractivity contribution in [1.82, 2.24) is 20.1 Å². The average Bonchev–Trinajstić information content (AvgIpc) is 3.04. The lowest BCUT2D eigenvalue weighted by Crippen LogP contribution is -2.25. The van der Waals surface area contributed by atoms with Crippen LogP contribution in [0.25, 0.3) is 0 Å². The third kappa shape index (κ3) is 4.47. The molecule has 0 radical (unpaired) electrons. The minimum atomic E-state index is 0.108. The van der Waals surface area contributed by atoms with Gasteiger partial charge in [-0.1, -0.05) is 25.7 Å². The predicted octanol–water partition coefficient (Wildman–Crippen LogP) is 1.75. The highest BCUT2D eigenvalue weighted by molar-refractivity contribution is 5.75. The highest BCUT2D eigenvalue weighted by atomic mass is 16.1. The molecule has 0 aromatic carbocycles. The molecule has 100 valence electrons. The van der Waals surface area contributed by atoms with Gasteiger partial charge in [0.25, 0.3) is 0 Å². The van der Waals surface area contributed by atoms with E-state index in [-0.39, 0.29) is 5.91 Å². The van der Waals surface area contributed by atoms with E-state index in [1.807, 2.05) is 0 Å². The first-order valence-corrected chi connectivity index (χ1v) is 6.93. The Hall–Kier alpha value is -1.39.